The highest BCUT2D eigenvalue weighted by molar-refractivity contribution is 7.77. The van der Waals surface area contributed by atoms with E-state index < -0.39 is 7.26 Å². The number of amides is 1. The number of anilines is 1. The van der Waals surface area contributed by atoms with E-state index in [1.807, 2.05) is 6.07 Å². The van der Waals surface area contributed by atoms with Crippen molar-refractivity contribution in [3.63, 3.8) is 0 Å². The lowest BCUT2D eigenvalue weighted by Crippen LogP contribution is -2.30. The summed E-state index contributed by atoms with van der Waals surface area (Å²) in [7, 11) is -1.05. The fourth-order valence-corrected chi connectivity index (χ4v) is 7.88. The van der Waals surface area contributed by atoms with Gasteiger partial charge in [0.15, 0.2) is 0 Å². The Kier molecular flexibility index (Phi) is 4.86. The molecule has 1 fully saturated rings. The Morgan fingerprint density at radius 1 is 1.25 bits per heavy atom. The fourth-order valence-electron chi connectivity index (χ4n) is 3.43. The molecule has 110 valence electrons. The summed E-state index contributed by atoms with van der Waals surface area (Å²) >= 11 is 0. The summed E-state index contributed by atoms with van der Waals surface area (Å²) < 4.78 is 0. The van der Waals surface area contributed by atoms with Gasteiger partial charge >= 0.3 is 0 Å². The number of hydrogen-bond acceptors (Lipinski definition) is 1. The number of carbonyl (C=O) groups excluding carboxylic acids is 1. The molecule has 0 aromatic heterocycles. The highest BCUT2D eigenvalue weighted by Gasteiger charge is 2.47. The Hall–Kier alpha value is -0.880. The summed E-state index contributed by atoms with van der Waals surface area (Å²) in [6.45, 7) is 8.56. The van der Waals surface area contributed by atoms with Gasteiger partial charge < -0.3 is 5.32 Å². The zero-order chi connectivity index (χ0) is 14.8. The molecule has 3 heteroatoms. The van der Waals surface area contributed by atoms with E-state index in [0.717, 1.165) is 16.8 Å². The van der Waals surface area contributed by atoms with Crippen LogP contribution in [0, 0.1) is 13.8 Å². The molecule has 0 radical (unpaired) electrons. The van der Waals surface area contributed by atoms with E-state index in [-0.39, 0.29) is 11.6 Å². The van der Waals surface area contributed by atoms with Gasteiger partial charge in [0.1, 0.15) is 5.66 Å². The van der Waals surface area contributed by atoms with E-state index >= 15 is 0 Å². The maximum atomic E-state index is 12.7. The first-order valence-corrected chi connectivity index (χ1v) is 10.1. The maximum absolute atomic E-state index is 12.7. The van der Waals surface area contributed by atoms with Gasteiger partial charge in [-0.15, -0.1) is 0 Å². The summed E-state index contributed by atoms with van der Waals surface area (Å²) in [5.74, 6) is 0.236. The molecule has 1 aromatic carbocycles. The van der Waals surface area contributed by atoms with Gasteiger partial charge in [-0.2, -0.15) is 0 Å². The molecule has 0 spiro atoms. The molecule has 1 aliphatic rings. The predicted molar refractivity (Wildman–Crippen MR) is 90.4 cm³/mol. The van der Waals surface area contributed by atoms with Crippen LogP contribution in [-0.4, -0.2) is 30.1 Å². The van der Waals surface area contributed by atoms with E-state index in [4.69, 9.17) is 0 Å². The molecule has 0 saturated carbocycles. The third-order valence-corrected chi connectivity index (χ3v) is 10.6. The Bertz CT molecular complexity index is 472. The van der Waals surface area contributed by atoms with Crippen molar-refractivity contribution in [3.8, 4) is 0 Å². The van der Waals surface area contributed by atoms with Gasteiger partial charge in [0, 0.05) is 12.9 Å². The molecule has 0 bridgehead atoms. The molecule has 1 atom stereocenters. The highest BCUT2D eigenvalue weighted by Crippen LogP contribution is 2.67. The Balaban J connectivity index is 2.15. The average molecular weight is 292 g/mol. The molecule has 1 unspecified atom stereocenters. The van der Waals surface area contributed by atoms with Crippen molar-refractivity contribution in [1.82, 2.24) is 0 Å². The van der Waals surface area contributed by atoms with E-state index in [0.29, 0.717) is 0 Å². The molecule has 1 aliphatic heterocycles. The van der Waals surface area contributed by atoms with Gasteiger partial charge in [0.25, 0.3) is 5.91 Å². The van der Waals surface area contributed by atoms with Gasteiger partial charge in [0.2, 0.25) is 0 Å². The molecule has 1 aromatic rings. The van der Waals surface area contributed by atoms with Crippen LogP contribution in [-0.2, 0) is 4.79 Å². The number of aryl methyl sites for hydroxylation is 2. The Morgan fingerprint density at radius 2 is 1.80 bits per heavy atom. The molecular weight excluding hydrogens is 265 g/mol. The normalized spacial score (nSPS) is 18.8. The average Bonchev–Trinajstić information content (AvgIpc) is 2.92. The monoisotopic (exact) mass is 292 g/mol. The van der Waals surface area contributed by atoms with Crippen LogP contribution in [0.15, 0.2) is 18.2 Å². The summed E-state index contributed by atoms with van der Waals surface area (Å²) in [4.78, 5) is 12.7. The second-order valence-electron chi connectivity index (χ2n) is 6.12. The molecule has 1 saturated heterocycles. The first kappa shape index (κ1) is 15.5. The van der Waals surface area contributed by atoms with Crippen LogP contribution in [0.25, 0.3) is 0 Å². The number of hydrogen-bond donors (Lipinski definition) is 1. The number of carbonyl (C=O) groups is 1. The van der Waals surface area contributed by atoms with Gasteiger partial charge in [-0.05, 0) is 51.7 Å². The van der Waals surface area contributed by atoms with Crippen LogP contribution in [0.4, 0.5) is 5.69 Å². The lowest BCUT2D eigenvalue weighted by Gasteiger charge is -2.27. The molecule has 1 amide bonds. The maximum Gasteiger partial charge on any atom is 0.264 e. The smallest absolute Gasteiger partial charge is 0.264 e. The third-order valence-electron chi connectivity index (χ3n) is 5.02. The molecular formula is C17H27NOP+. The quantitative estimate of drug-likeness (QED) is 0.815. The zero-order valence-corrected chi connectivity index (χ0v) is 14.1. The minimum absolute atomic E-state index is 0.203. The largest absolute Gasteiger partial charge is 0.322 e. The first-order chi connectivity index (χ1) is 9.50. The van der Waals surface area contributed by atoms with Crippen molar-refractivity contribution in [2.45, 2.75) is 46.2 Å². The SMILES string of the molecule is CC[P+]1(C(C)C(=O)Nc2c(C)cccc2C)CCCC1. The van der Waals surface area contributed by atoms with Crippen LogP contribution in [0.5, 0.6) is 0 Å². The Labute approximate surface area is 123 Å². The van der Waals surface area contributed by atoms with Gasteiger partial charge in [0.05, 0.1) is 18.5 Å². The third kappa shape index (κ3) is 2.91. The standard InChI is InChI=1S/C17H26NOP/c1-5-20(11-6-7-12-20)15(4)17(19)18-16-13(2)9-8-10-14(16)3/h8-10,15H,5-7,11-12H2,1-4H3/p+1. The second-order valence-corrected chi connectivity index (χ2v) is 10.9. The molecule has 1 N–H and O–H groups in total. The molecule has 2 rings (SSSR count). The van der Waals surface area contributed by atoms with Gasteiger partial charge in [-0.1, -0.05) is 18.2 Å². The zero-order valence-electron chi connectivity index (χ0n) is 13.2. The topological polar surface area (TPSA) is 29.1 Å². The molecule has 0 aliphatic carbocycles. The summed E-state index contributed by atoms with van der Waals surface area (Å²) in [6, 6.07) is 6.17. The lowest BCUT2D eigenvalue weighted by atomic mass is 10.1. The minimum atomic E-state index is -1.05. The Morgan fingerprint density at radius 3 is 2.30 bits per heavy atom. The number of benzene rings is 1. The van der Waals surface area contributed by atoms with Crippen molar-refractivity contribution >= 4 is 18.9 Å². The number of rotatable bonds is 4. The van der Waals surface area contributed by atoms with Crippen LogP contribution in [0.1, 0.15) is 37.8 Å². The van der Waals surface area contributed by atoms with Crippen molar-refractivity contribution < 1.29 is 4.79 Å². The second kappa shape index (κ2) is 6.26. The number of para-hydroxylation sites is 1. The van der Waals surface area contributed by atoms with Crippen LogP contribution in [0.3, 0.4) is 0 Å². The van der Waals surface area contributed by atoms with Crippen molar-refractivity contribution in [2.24, 2.45) is 0 Å². The molecule has 2 nitrogen and oxygen atoms in total. The minimum Gasteiger partial charge on any atom is -0.322 e. The first-order valence-electron chi connectivity index (χ1n) is 7.73. The van der Waals surface area contributed by atoms with E-state index in [2.05, 4.69) is 45.1 Å². The summed E-state index contributed by atoms with van der Waals surface area (Å²) in [5, 5.41) is 3.20. The van der Waals surface area contributed by atoms with Crippen molar-refractivity contribution in [2.75, 3.05) is 23.8 Å². The van der Waals surface area contributed by atoms with Gasteiger partial charge in [-0.25, -0.2) is 0 Å². The lowest BCUT2D eigenvalue weighted by molar-refractivity contribution is -0.115. The highest BCUT2D eigenvalue weighted by atomic mass is 31.2. The number of nitrogens with one attached hydrogen (secondary N) is 1. The van der Waals surface area contributed by atoms with Crippen molar-refractivity contribution in [1.29, 1.82) is 0 Å². The predicted octanol–water partition coefficient (Wildman–Crippen LogP) is 4.46. The van der Waals surface area contributed by atoms with Crippen LogP contribution >= 0.6 is 7.26 Å². The molecule has 1 heterocycles. The summed E-state index contributed by atoms with van der Waals surface area (Å²) in [5.41, 5.74) is 3.52. The fraction of sp³-hybridized carbons (Fsp3) is 0.588. The van der Waals surface area contributed by atoms with E-state index in [1.165, 1.54) is 31.3 Å². The van der Waals surface area contributed by atoms with Crippen LogP contribution < -0.4 is 5.32 Å². The van der Waals surface area contributed by atoms with Crippen molar-refractivity contribution in [3.05, 3.63) is 29.3 Å². The van der Waals surface area contributed by atoms with Gasteiger partial charge in [-0.3, -0.25) is 4.79 Å². The molecule has 20 heavy (non-hydrogen) atoms. The van der Waals surface area contributed by atoms with Crippen LogP contribution in [0.2, 0.25) is 0 Å². The summed E-state index contributed by atoms with van der Waals surface area (Å²) in [6.07, 6.45) is 6.48. The van der Waals surface area contributed by atoms with E-state index in [9.17, 15) is 4.79 Å². The van der Waals surface area contributed by atoms with E-state index in [1.54, 1.807) is 0 Å².